The summed E-state index contributed by atoms with van der Waals surface area (Å²) < 4.78 is 0.804. The molecule has 2 aromatic rings. The van der Waals surface area contributed by atoms with E-state index >= 15 is 0 Å². The zero-order valence-electron chi connectivity index (χ0n) is 17.2. The minimum Gasteiger partial charge on any atom is -0.340 e. The van der Waals surface area contributed by atoms with Crippen LogP contribution in [0, 0.1) is 12.8 Å². The van der Waals surface area contributed by atoms with Gasteiger partial charge in [-0.3, -0.25) is 14.5 Å². The van der Waals surface area contributed by atoms with E-state index in [9.17, 15) is 9.59 Å². The van der Waals surface area contributed by atoms with Gasteiger partial charge >= 0.3 is 0 Å². The molecule has 1 atom stereocenters. The Morgan fingerprint density at radius 1 is 1.10 bits per heavy atom. The van der Waals surface area contributed by atoms with Crippen molar-refractivity contribution in [1.29, 1.82) is 0 Å². The topological polar surface area (TPSA) is 52.7 Å². The molecule has 0 radical (unpaired) electrons. The Hall–Kier alpha value is -1.89. The van der Waals surface area contributed by atoms with Gasteiger partial charge < -0.3 is 10.2 Å². The van der Waals surface area contributed by atoms with E-state index in [4.69, 9.17) is 11.6 Å². The molecular weight excluding hydrogens is 406 g/mol. The molecule has 1 aromatic heterocycles. The van der Waals surface area contributed by atoms with E-state index in [1.54, 1.807) is 17.4 Å². The van der Waals surface area contributed by atoms with Gasteiger partial charge in [0, 0.05) is 43.2 Å². The predicted molar refractivity (Wildman–Crippen MR) is 118 cm³/mol. The summed E-state index contributed by atoms with van der Waals surface area (Å²) in [5, 5.41) is 2.97. The lowest BCUT2D eigenvalue weighted by molar-refractivity contribution is -0.136. The molecule has 156 valence electrons. The SMILES string of the molecule is Cc1ccccc1C(=O)NC(C(=O)N1CCN(Cc2ccc(Cl)s2)CC1)C(C)C. The summed E-state index contributed by atoms with van der Waals surface area (Å²) >= 11 is 7.61. The maximum atomic E-state index is 13.1. The molecule has 7 heteroatoms. The van der Waals surface area contributed by atoms with Crippen LogP contribution >= 0.6 is 22.9 Å². The van der Waals surface area contributed by atoms with Gasteiger partial charge in [-0.2, -0.15) is 0 Å². The van der Waals surface area contributed by atoms with E-state index < -0.39 is 6.04 Å². The standard InChI is InChI=1S/C22H28ClN3O2S/c1-15(2)20(24-21(27)18-7-5-4-6-16(18)3)22(28)26-12-10-25(11-13-26)14-17-8-9-19(23)29-17/h4-9,15,20H,10-14H2,1-3H3,(H,24,27). The van der Waals surface area contributed by atoms with E-state index in [0.717, 1.165) is 29.5 Å². The van der Waals surface area contributed by atoms with Crippen LogP contribution in [0.3, 0.4) is 0 Å². The second-order valence-electron chi connectivity index (χ2n) is 7.82. The highest BCUT2D eigenvalue weighted by atomic mass is 35.5. The first-order valence-electron chi connectivity index (χ1n) is 9.97. The average Bonchev–Trinajstić information content (AvgIpc) is 3.10. The fourth-order valence-electron chi connectivity index (χ4n) is 3.54. The summed E-state index contributed by atoms with van der Waals surface area (Å²) in [5.41, 5.74) is 1.52. The molecule has 2 amide bonds. The number of halogens is 1. The number of amides is 2. The second kappa shape index (κ2) is 9.74. The third kappa shape index (κ3) is 5.59. The largest absolute Gasteiger partial charge is 0.340 e. The maximum absolute atomic E-state index is 13.1. The van der Waals surface area contributed by atoms with Crippen LogP contribution in [0.5, 0.6) is 0 Å². The fourth-order valence-corrected chi connectivity index (χ4v) is 4.67. The summed E-state index contributed by atoms with van der Waals surface area (Å²) in [6.07, 6.45) is 0. The minimum absolute atomic E-state index is 0.000697. The molecule has 1 aromatic carbocycles. The number of aryl methyl sites for hydroxylation is 1. The number of rotatable bonds is 6. The third-order valence-electron chi connectivity index (χ3n) is 5.30. The third-order valence-corrected chi connectivity index (χ3v) is 6.52. The van der Waals surface area contributed by atoms with Gasteiger partial charge in [0.2, 0.25) is 5.91 Å². The van der Waals surface area contributed by atoms with Gasteiger partial charge in [0.15, 0.2) is 0 Å². The Balaban J connectivity index is 1.58. The van der Waals surface area contributed by atoms with Crippen molar-refractivity contribution in [3.63, 3.8) is 0 Å². The minimum atomic E-state index is -0.523. The van der Waals surface area contributed by atoms with Crippen LogP contribution in [0.15, 0.2) is 36.4 Å². The van der Waals surface area contributed by atoms with Crippen molar-refractivity contribution in [2.45, 2.75) is 33.4 Å². The lowest BCUT2D eigenvalue weighted by Gasteiger charge is -2.37. The van der Waals surface area contributed by atoms with Gasteiger partial charge in [-0.15, -0.1) is 11.3 Å². The van der Waals surface area contributed by atoms with Crippen LogP contribution in [0.1, 0.15) is 34.6 Å². The van der Waals surface area contributed by atoms with Gasteiger partial charge in [0.25, 0.3) is 5.91 Å². The lowest BCUT2D eigenvalue weighted by atomic mass is 10.0. The average molecular weight is 434 g/mol. The van der Waals surface area contributed by atoms with E-state index in [-0.39, 0.29) is 17.7 Å². The highest BCUT2D eigenvalue weighted by molar-refractivity contribution is 7.16. The van der Waals surface area contributed by atoms with E-state index in [1.807, 2.05) is 49.9 Å². The molecule has 1 unspecified atom stereocenters. The molecule has 0 saturated carbocycles. The van der Waals surface area contributed by atoms with Crippen LogP contribution in [-0.4, -0.2) is 53.8 Å². The molecule has 1 saturated heterocycles. The Bertz CT molecular complexity index is 859. The molecule has 0 aliphatic carbocycles. The maximum Gasteiger partial charge on any atom is 0.252 e. The van der Waals surface area contributed by atoms with Crippen molar-refractivity contribution in [3.05, 3.63) is 56.7 Å². The van der Waals surface area contributed by atoms with E-state index in [2.05, 4.69) is 16.3 Å². The Morgan fingerprint density at radius 3 is 2.38 bits per heavy atom. The molecule has 0 spiro atoms. The number of piperazine rings is 1. The molecule has 0 bridgehead atoms. The first kappa shape index (κ1) is 21.8. The molecule has 5 nitrogen and oxygen atoms in total. The number of benzene rings is 1. The fraction of sp³-hybridized carbons (Fsp3) is 0.455. The molecule has 3 rings (SSSR count). The number of carbonyl (C=O) groups is 2. The molecule has 2 heterocycles. The monoisotopic (exact) mass is 433 g/mol. The van der Waals surface area contributed by atoms with Crippen LogP contribution in [-0.2, 0) is 11.3 Å². The number of thiophene rings is 1. The molecule has 1 aliphatic heterocycles. The van der Waals surface area contributed by atoms with Gasteiger partial charge in [0.05, 0.1) is 4.34 Å². The second-order valence-corrected chi connectivity index (χ2v) is 9.62. The molecule has 1 fully saturated rings. The molecule has 1 aliphatic rings. The summed E-state index contributed by atoms with van der Waals surface area (Å²) in [5.74, 6) is -0.175. The predicted octanol–water partition coefficient (Wildman–Crippen LogP) is 3.81. The first-order chi connectivity index (χ1) is 13.8. The zero-order chi connectivity index (χ0) is 21.0. The lowest BCUT2D eigenvalue weighted by Crippen LogP contribution is -2.56. The Kier molecular flexibility index (Phi) is 7.33. The van der Waals surface area contributed by atoms with Crippen LogP contribution in [0.25, 0.3) is 0 Å². The van der Waals surface area contributed by atoms with Crippen molar-refractivity contribution in [2.24, 2.45) is 5.92 Å². The smallest absolute Gasteiger partial charge is 0.252 e. The number of nitrogens with one attached hydrogen (secondary N) is 1. The normalized spacial score (nSPS) is 16.1. The summed E-state index contributed by atoms with van der Waals surface area (Å²) in [6, 6.07) is 10.9. The quantitative estimate of drug-likeness (QED) is 0.753. The number of hydrogen-bond donors (Lipinski definition) is 1. The van der Waals surface area contributed by atoms with Crippen LogP contribution in [0.4, 0.5) is 0 Å². The zero-order valence-corrected chi connectivity index (χ0v) is 18.7. The van der Waals surface area contributed by atoms with Gasteiger partial charge in [0.1, 0.15) is 6.04 Å². The van der Waals surface area contributed by atoms with Crippen molar-refractivity contribution in [1.82, 2.24) is 15.1 Å². The molecule has 1 N–H and O–H groups in total. The van der Waals surface area contributed by atoms with Gasteiger partial charge in [-0.1, -0.05) is 43.6 Å². The number of nitrogens with zero attached hydrogens (tertiary/aromatic N) is 2. The number of carbonyl (C=O) groups excluding carboxylic acids is 2. The Morgan fingerprint density at radius 2 is 1.79 bits per heavy atom. The number of hydrogen-bond acceptors (Lipinski definition) is 4. The van der Waals surface area contributed by atoms with Gasteiger partial charge in [-0.05, 0) is 36.6 Å². The molecule has 29 heavy (non-hydrogen) atoms. The Labute approximate surface area is 181 Å². The summed E-state index contributed by atoms with van der Waals surface area (Å²) in [4.78, 5) is 31.3. The van der Waals surface area contributed by atoms with Crippen molar-refractivity contribution >= 4 is 34.8 Å². The summed E-state index contributed by atoms with van der Waals surface area (Å²) in [7, 11) is 0. The highest BCUT2D eigenvalue weighted by Crippen LogP contribution is 2.23. The van der Waals surface area contributed by atoms with Crippen molar-refractivity contribution in [2.75, 3.05) is 26.2 Å². The van der Waals surface area contributed by atoms with Crippen LogP contribution in [0.2, 0.25) is 4.34 Å². The van der Waals surface area contributed by atoms with Gasteiger partial charge in [-0.25, -0.2) is 0 Å². The first-order valence-corrected chi connectivity index (χ1v) is 11.2. The summed E-state index contributed by atoms with van der Waals surface area (Å²) in [6.45, 7) is 9.67. The van der Waals surface area contributed by atoms with Crippen LogP contribution < -0.4 is 5.32 Å². The highest BCUT2D eigenvalue weighted by Gasteiger charge is 2.31. The van der Waals surface area contributed by atoms with Crippen molar-refractivity contribution < 1.29 is 9.59 Å². The molecular formula is C22H28ClN3O2S. The van der Waals surface area contributed by atoms with Crippen molar-refractivity contribution in [3.8, 4) is 0 Å². The van der Waals surface area contributed by atoms with E-state index in [1.165, 1.54) is 4.88 Å². The van der Waals surface area contributed by atoms with E-state index in [0.29, 0.717) is 18.7 Å².